The minimum Gasteiger partial charge on any atom is -0.394 e. The van der Waals surface area contributed by atoms with Crippen LogP contribution in [0.25, 0.3) is 0 Å². The molecule has 0 radical (unpaired) electrons. The first-order valence-electron chi connectivity index (χ1n) is 5.36. The van der Waals surface area contributed by atoms with Crippen LogP contribution in [-0.4, -0.2) is 47.6 Å². The zero-order chi connectivity index (χ0) is 11.4. The molecule has 88 valence electrons. The highest BCUT2D eigenvalue weighted by atomic mass is 16.5. The van der Waals surface area contributed by atoms with Crippen LogP contribution < -0.4 is 4.90 Å². The molecule has 1 saturated heterocycles. The molecule has 1 aliphatic heterocycles. The quantitative estimate of drug-likeness (QED) is 0.742. The predicted octanol–water partition coefficient (Wildman–Crippen LogP) is -0.229. The van der Waals surface area contributed by atoms with E-state index in [4.69, 9.17) is 9.84 Å². The van der Waals surface area contributed by atoms with Crippen molar-refractivity contribution in [3.05, 3.63) is 24.0 Å². The number of morpholine rings is 1. The lowest BCUT2D eigenvalue weighted by Crippen LogP contribution is -2.44. The van der Waals surface area contributed by atoms with Gasteiger partial charge in [-0.1, -0.05) is 0 Å². The third-order valence-corrected chi connectivity index (χ3v) is 2.73. The smallest absolute Gasteiger partial charge is 0.0980 e. The first-order valence-corrected chi connectivity index (χ1v) is 5.36. The Bertz CT molecular complexity index is 346. The lowest BCUT2D eigenvalue weighted by atomic mass is 10.2. The number of anilines is 1. The second-order valence-corrected chi connectivity index (χ2v) is 3.78. The van der Waals surface area contributed by atoms with E-state index in [0.717, 1.165) is 17.8 Å². The normalized spacial score (nSPS) is 21.1. The van der Waals surface area contributed by atoms with E-state index in [1.807, 2.05) is 6.07 Å². The molecular formula is C11H16N2O3. The number of ether oxygens (including phenoxy) is 1. The Hall–Kier alpha value is -1.17. The molecule has 2 heterocycles. The summed E-state index contributed by atoms with van der Waals surface area (Å²) in [5.74, 6) is 0. The molecule has 0 aromatic carbocycles. The Morgan fingerprint density at radius 2 is 2.38 bits per heavy atom. The van der Waals surface area contributed by atoms with Gasteiger partial charge in [-0.15, -0.1) is 0 Å². The number of hydrogen-bond donors (Lipinski definition) is 2. The van der Waals surface area contributed by atoms with Crippen LogP contribution in [0.1, 0.15) is 5.56 Å². The van der Waals surface area contributed by atoms with Crippen LogP contribution in [0, 0.1) is 0 Å². The molecule has 0 aliphatic carbocycles. The molecule has 1 unspecified atom stereocenters. The van der Waals surface area contributed by atoms with Gasteiger partial charge < -0.3 is 19.8 Å². The molecule has 1 aromatic heterocycles. The van der Waals surface area contributed by atoms with E-state index in [1.54, 1.807) is 12.4 Å². The van der Waals surface area contributed by atoms with Crippen LogP contribution in [0.3, 0.4) is 0 Å². The molecule has 5 heteroatoms. The minimum absolute atomic E-state index is 0.0235. The van der Waals surface area contributed by atoms with E-state index in [2.05, 4.69) is 9.88 Å². The highest BCUT2D eigenvalue weighted by Gasteiger charge is 2.21. The van der Waals surface area contributed by atoms with Crippen molar-refractivity contribution < 1.29 is 14.9 Å². The Morgan fingerprint density at radius 3 is 3.12 bits per heavy atom. The predicted molar refractivity (Wildman–Crippen MR) is 59.2 cm³/mol. The first-order chi connectivity index (χ1) is 7.85. The van der Waals surface area contributed by atoms with Crippen molar-refractivity contribution in [2.45, 2.75) is 12.7 Å². The number of pyridine rings is 1. The molecule has 2 rings (SSSR count). The fourth-order valence-corrected chi connectivity index (χ4v) is 1.90. The number of nitrogens with zero attached hydrogens (tertiary/aromatic N) is 2. The maximum atomic E-state index is 9.22. The van der Waals surface area contributed by atoms with Crippen molar-refractivity contribution >= 4 is 5.69 Å². The molecule has 1 aromatic rings. The van der Waals surface area contributed by atoms with Gasteiger partial charge in [-0.05, 0) is 6.07 Å². The number of rotatable bonds is 3. The van der Waals surface area contributed by atoms with Crippen molar-refractivity contribution in [2.24, 2.45) is 0 Å². The van der Waals surface area contributed by atoms with E-state index in [9.17, 15) is 5.11 Å². The summed E-state index contributed by atoms with van der Waals surface area (Å²) < 4.78 is 5.38. The van der Waals surface area contributed by atoms with Crippen LogP contribution in [-0.2, 0) is 11.3 Å². The summed E-state index contributed by atoms with van der Waals surface area (Å²) in [4.78, 5) is 6.09. The van der Waals surface area contributed by atoms with Crippen molar-refractivity contribution in [2.75, 3.05) is 31.2 Å². The maximum Gasteiger partial charge on any atom is 0.0980 e. The van der Waals surface area contributed by atoms with Crippen molar-refractivity contribution in [3.8, 4) is 0 Å². The van der Waals surface area contributed by atoms with Gasteiger partial charge in [0.1, 0.15) is 0 Å². The second-order valence-electron chi connectivity index (χ2n) is 3.78. The van der Waals surface area contributed by atoms with E-state index in [-0.39, 0.29) is 19.3 Å². The van der Waals surface area contributed by atoms with Crippen LogP contribution in [0.5, 0.6) is 0 Å². The van der Waals surface area contributed by atoms with Gasteiger partial charge in [0.15, 0.2) is 0 Å². The fraction of sp³-hybridized carbons (Fsp3) is 0.545. The lowest BCUT2D eigenvalue weighted by molar-refractivity contribution is 0.00347. The van der Waals surface area contributed by atoms with Gasteiger partial charge in [0.05, 0.1) is 25.9 Å². The Morgan fingerprint density at radius 1 is 1.50 bits per heavy atom. The number of aliphatic hydroxyl groups excluding tert-OH is 2. The second kappa shape index (κ2) is 5.25. The Kier molecular flexibility index (Phi) is 3.71. The summed E-state index contributed by atoms with van der Waals surface area (Å²) in [6.07, 6.45) is 3.23. The highest BCUT2D eigenvalue weighted by molar-refractivity contribution is 5.52. The number of hydrogen-bond acceptors (Lipinski definition) is 5. The third kappa shape index (κ3) is 2.32. The number of aromatic nitrogens is 1. The summed E-state index contributed by atoms with van der Waals surface area (Å²) in [5, 5.41) is 18.3. The molecule has 1 aliphatic rings. The Labute approximate surface area is 94.3 Å². The lowest BCUT2D eigenvalue weighted by Gasteiger charge is -2.34. The van der Waals surface area contributed by atoms with Crippen LogP contribution in [0.2, 0.25) is 0 Å². The minimum atomic E-state index is -0.145. The van der Waals surface area contributed by atoms with E-state index in [1.165, 1.54) is 0 Å². The third-order valence-electron chi connectivity index (χ3n) is 2.73. The Balaban J connectivity index is 2.16. The molecule has 0 spiro atoms. The molecule has 1 atom stereocenters. The molecule has 5 nitrogen and oxygen atoms in total. The van der Waals surface area contributed by atoms with Crippen molar-refractivity contribution in [1.82, 2.24) is 4.98 Å². The highest BCUT2D eigenvalue weighted by Crippen LogP contribution is 2.21. The summed E-state index contributed by atoms with van der Waals surface area (Å²) in [7, 11) is 0. The van der Waals surface area contributed by atoms with E-state index < -0.39 is 0 Å². The topological polar surface area (TPSA) is 65.8 Å². The largest absolute Gasteiger partial charge is 0.394 e. The number of aliphatic hydroxyl groups is 2. The van der Waals surface area contributed by atoms with Gasteiger partial charge in [0, 0.05) is 36.7 Å². The standard InChI is InChI=1S/C11H16N2O3/c14-7-9-5-12-2-1-11(9)13-3-4-16-10(6-13)8-15/h1-2,5,10,14-15H,3-4,6-8H2. The fourth-order valence-electron chi connectivity index (χ4n) is 1.90. The zero-order valence-corrected chi connectivity index (χ0v) is 9.04. The van der Waals surface area contributed by atoms with E-state index >= 15 is 0 Å². The summed E-state index contributed by atoms with van der Waals surface area (Å²) in [6, 6.07) is 1.88. The maximum absolute atomic E-state index is 9.22. The molecular weight excluding hydrogens is 208 g/mol. The average Bonchev–Trinajstić information content (AvgIpc) is 2.38. The molecule has 1 fully saturated rings. The average molecular weight is 224 g/mol. The van der Waals surface area contributed by atoms with Crippen LogP contribution >= 0.6 is 0 Å². The molecule has 0 bridgehead atoms. The molecule has 2 N–H and O–H groups in total. The van der Waals surface area contributed by atoms with Crippen LogP contribution in [0.15, 0.2) is 18.5 Å². The molecule has 0 amide bonds. The summed E-state index contributed by atoms with van der Waals surface area (Å²) in [6.45, 7) is 2.01. The van der Waals surface area contributed by atoms with Crippen LogP contribution in [0.4, 0.5) is 5.69 Å². The molecule has 16 heavy (non-hydrogen) atoms. The van der Waals surface area contributed by atoms with E-state index in [0.29, 0.717) is 13.2 Å². The summed E-state index contributed by atoms with van der Waals surface area (Å²) in [5.41, 5.74) is 1.78. The van der Waals surface area contributed by atoms with Gasteiger partial charge in [-0.25, -0.2) is 0 Å². The van der Waals surface area contributed by atoms with Gasteiger partial charge in [-0.2, -0.15) is 0 Å². The monoisotopic (exact) mass is 224 g/mol. The SMILES string of the molecule is OCc1cnccc1N1CCOC(CO)C1. The first kappa shape index (κ1) is 11.3. The van der Waals surface area contributed by atoms with Crippen molar-refractivity contribution in [1.29, 1.82) is 0 Å². The molecule has 0 saturated carbocycles. The van der Waals surface area contributed by atoms with Gasteiger partial charge in [0.2, 0.25) is 0 Å². The van der Waals surface area contributed by atoms with Gasteiger partial charge in [0.25, 0.3) is 0 Å². The summed E-state index contributed by atoms with van der Waals surface area (Å²) >= 11 is 0. The van der Waals surface area contributed by atoms with Gasteiger partial charge >= 0.3 is 0 Å². The van der Waals surface area contributed by atoms with Crippen molar-refractivity contribution in [3.63, 3.8) is 0 Å². The zero-order valence-electron chi connectivity index (χ0n) is 9.04. The van der Waals surface area contributed by atoms with Gasteiger partial charge in [-0.3, -0.25) is 4.98 Å².